The lowest BCUT2D eigenvalue weighted by Crippen LogP contribution is -2.05. The quantitative estimate of drug-likeness (QED) is 0.472. The van der Waals surface area contributed by atoms with Crippen LogP contribution in [-0.4, -0.2) is 10.7 Å². The maximum atomic E-state index is 12.9. The van der Waals surface area contributed by atoms with Gasteiger partial charge >= 0.3 is 0 Å². The Labute approximate surface area is 155 Å². The minimum Gasteiger partial charge on any atom is -0.456 e. The molecule has 0 amide bonds. The molecule has 0 aliphatic carbocycles. The van der Waals surface area contributed by atoms with E-state index in [0.29, 0.717) is 11.5 Å². The zero-order chi connectivity index (χ0) is 19.0. The predicted molar refractivity (Wildman–Crippen MR) is 98.9 cm³/mol. The molecule has 3 aromatic carbocycles. The van der Waals surface area contributed by atoms with Gasteiger partial charge < -0.3 is 9.47 Å². The summed E-state index contributed by atoms with van der Waals surface area (Å²) in [5.74, 6) is 1.02. The van der Waals surface area contributed by atoms with E-state index in [4.69, 9.17) is 9.47 Å². The molecule has 6 nitrogen and oxygen atoms in total. The van der Waals surface area contributed by atoms with Gasteiger partial charge in [-0.15, -0.1) is 0 Å². The number of rotatable bonds is 3. The van der Waals surface area contributed by atoms with Crippen molar-refractivity contribution < 1.29 is 19.2 Å². The molecule has 27 heavy (non-hydrogen) atoms. The van der Waals surface area contributed by atoms with Crippen LogP contribution in [0, 0.1) is 17.0 Å². The fourth-order valence-corrected chi connectivity index (χ4v) is 3.02. The van der Waals surface area contributed by atoms with Gasteiger partial charge in [0.25, 0.3) is 5.69 Å². The maximum absolute atomic E-state index is 12.9. The lowest BCUT2D eigenvalue weighted by Gasteiger charge is -2.13. The van der Waals surface area contributed by atoms with E-state index >= 15 is 0 Å². The first kappa shape index (κ1) is 16.8. The molecule has 0 fully saturated rings. The maximum Gasteiger partial charge on any atom is 0.276 e. The van der Waals surface area contributed by atoms with Gasteiger partial charge in [0.05, 0.1) is 17.1 Å². The summed E-state index contributed by atoms with van der Waals surface area (Å²) in [4.78, 5) is 23.7. The highest BCUT2D eigenvalue weighted by atomic mass is 16.6. The van der Waals surface area contributed by atoms with E-state index in [9.17, 15) is 14.9 Å². The fourth-order valence-electron chi connectivity index (χ4n) is 3.02. The van der Waals surface area contributed by atoms with Crippen LogP contribution in [-0.2, 0) is 6.42 Å². The molecule has 6 heteroatoms. The van der Waals surface area contributed by atoms with E-state index in [1.54, 1.807) is 24.3 Å². The van der Waals surface area contributed by atoms with Crippen LogP contribution in [0.5, 0.6) is 23.0 Å². The van der Waals surface area contributed by atoms with Gasteiger partial charge in [-0.25, -0.2) is 0 Å². The molecule has 0 bridgehead atoms. The lowest BCUT2D eigenvalue weighted by atomic mass is 10.0. The Hall–Kier alpha value is -3.67. The van der Waals surface area contributed by atoms with Crippen LogP contribution in [0.3, 0.4) is 0 Å². The third kappa shape index (κ3) is 3.25. The molecule has 0 saturated heterocycles. The number of nitro benzene ring substituents is 1. The number of hydrogen-bond donors (Lipinski definition) is 0. The molecule has 4 rings (SSSR count). The van der Waals surface area contributed by atoms with Crippen LogP contribution in [0.2, 0.25) is 0 Å². The summed E-state index contributed by atoms with van der Waals surface area (Å²) in [6.45, 7) is 1.91. The second-order valence-corrected chi connectivity index (χ2v) is 6.30. The molecule has 0 radical (unpaired) electrons. The van der Waals surface area contributed by atoms with Crippen molar-refractivity contribution >= 4 is 11.5 Å². The van der Waals surface area contributed by atoms with Crippen molar-refractivity contribution in [1.82, 2.24) is 0 Å². The summed E-state index contributed by atoms with van der Waals surface area (Å²) in [6.07, 6.45) is 0.131. The second kappa shape index (κ2) is 6.57. The summed E-state index contributed by atoms with van der Waals surface area (Å²) in [6, 6.07) is 16.9. The number of ketones is 1. The Morgan fingerprint density at radius 1 is 1.04 bits per heavy atom. The summed E-state index contributed by atoms with van der Waals surface area (Å²) in [7, 11) is 0. The van der Waals surface area contributed by atoms with Crippen molar-refractivity contribution in [1.29, 1.82) is 0 Å². The Bertz CT molecular complexity index is 1060. The minimum atomic E-state index is -0.534. The summed E-state index contributed by atoms with van der Waals surface area (Å²) >= 11 is 0. The number of ether oxygens (including phenoxy) is 2. The number of aryl methyl sites for hydroxylation is 1. The van der Waals surface area contributed by atoms with Gasteiger partial charge in [0.1, 0.15) is 28.6 Å². The van der Waals surface area contributed by atoms with E-state index in [0.717, 1.165) is 11.1 Å². The number of carbonyl (C=O) groups is 1. The van der Waals surface area contributed by atoms with E-state index in [-0.39, 0.29) is 35.0 Å². The van der Waals surface area contributed by atoms with E-state index in [1.165, 1.54) is 12.1 Å². The van der Waals surface area contributed by atoms with Crippen molar-refractivity contribution in [3.8, 4) is 23.0 Å². The number of para-hydroxylation sites is 1. The van der Waals surface area contributed by atoms with Gasteiger partial charge in [-0.3, -0.25) is 14.9 Å². The van der Waals surface area contributed by atoms with Crippen molar-refractivity contribution in [2.45, 2.75) is 13.3 Å². The first-order chi connectivity index (χ1) is 13.0. The van der Waals surface area contributed by atoms with Crippen molar-refractivity contribution in [3.05, 3.63) is 87.5 Å². The molecule has 3 aromatic rings. The molecule has 0 atom stereocenters. The molecule has 1 aliphatic heterocycles. The molecule has 0 spiro atoms. The van der Waals surface area contributed by atoms with Crippen LogP contribution in [0.25, 0.3) is 0 Å². The molecule has 1 aliphatic rings. The lowest BCUT2D eigenvalue weighted by molar-refractivity contribution is -0.385. The van der Waals surface area contributed by atoms with Gasteiger partial charge in [0.15, 0.2) is 5.78 Å². The smallest absolute Gasteiger partial charge is 0.276 e. The highest BCUT2D eigenvalue weighted by molar-refractivity contribution is 6.04. The normalized spacial score (nSPS) is 12.4. The summed E-state index contributed by atoms with van der Waals surface area (Å²) in [5.41, 5.74) is 1.70. The largest absolute Gasteiger partial charge is 0.456 e. The second-order valence-electron chi connectivity index (χ2n) is 6.30. The van der Waals surface area contributed by atoms with E-state index in [1.807, 2.05) is 31.2 Å². The monoisotopic (exact) mass is 361 g/mol. The standard InChI is InChI=1S/C21H15NO5/c1-13-7-8-14-10-17(23)21-19(26-16-5-3-2-4-6-16)11-15(22(24)25)12-20(21)27-18(14)9-13/h2-9,11-12H,10H2,1H3. The number of benzene rings is 3. The molecule has 0 N–H and O–H groups in total. The molecule has 0 unspecified atom stereocenters. The van der Waals surface area contributed by atoms with Gasteiger partial charge in [-0.2, -0.15) is 0 Å². The Kier molecular flexibility index (Phi) is 4.08. The van der Waals surface area contributed by atoms with Crippen molar-refractivity contribution in [2.75, 3.05) is 0 Å². The number of nitrogens with zero attached hydrogens (tertiary/aromatic N) is 1. The van der Waals surface area contributed by atoms with Gasteiger partial charge in [0.2, 0.25) is 0 Å². The SMILES string of the molecule is Cc1ccc2c(c1)Oc1cc([N+](=O)[O-])cc(Oc3ccccc3)c1C(=O)C2. The van der Waals surface area contributed by atoms with E-state index < -0.39 is 4.92 Å². The molecular weight excluding hydrogens is 346 g/mol. The number of carbonyl (C=O) groups excluding carboxylic acids is 1. The molecule has 1 heterocycles. The topological polar surface area (TPSA) is 78.7 Å². The van der Waals surface area contributed by atoms with E-state index in [2.05, 4.69) is 0 Å². The van der Waals surface area contributed by atoms with Crippen LogP contribution in [0.4, 0.5) is 5.69 Å². The molecule has 0 saturated carbocycles. The predicted octanol–water partition coefficient (Wildman–Crippen LogP) is 5.23. The average Bonchev–Trinajstić information content (AvgIpc) is 2.78. The van der Waals surface area contributed by atoms with Crippen LogP contribution in [0.15, 0.2) is 60.7 Å². The Morgan fingerprint density at radius 2 is 1.81 bits per heavy atom. The van der Waals surface area contributed by atoms with Crippen LogP contribution in [0.1, 0.15) is 21.5 Å². The number of non-ortho nitro benzene ring substituents is 1. The number of Topliss-reactive ketones (excluding diaryl/α,β-unsaturated/α-hetero) is 1. The van der Waals surface area contributed by atoms with Gasteiger partial charge in [-0.1, -0.05) is 30.3 Å². The van der Waals surface area contributed by atoms with Crippen LogP contribution < -0.4 is 9.47 Å². The zero-order valence-corrected chi connectivity index (χ0v) is 14.5. The third-order valence-corrected chi connectivity index (χ3v) is 4.31. The van der Waals surface area contributed by atoms with Crippen LogP contribution >= 0.6 is 0 Å². The number of nitro groups is 1. The van der Waals surface area contributed by atoms with Gasteiger partial charge in [0, 0.05) is 12.0 Å². The minimum absolute atomic E-state index is 0.111. The number of fused-ring (bicyclic) bond motifs is 2. The fraction of sp³-hybridized carbons (Fsp3) is 0.0952. The Balaban J connectivity index is 1.88. The first-order valence-electron chi connectivity index (χ1n) is 8.37. The van der Waals surface area contributed by atoms with Crippen molar-refractivity contribution in [3.63, 3.8) is 0 Å². The Morgan fingerprint density at radius 3 is 2.56 bits per heavy atom. The van der Waals surface area contributed by atoms with Crippen molar-refractivity contribution in [2.24, 2.45) is 0 Å². The van der Waals surface area contributed by atoms with Gasteiger partial charge in [-0.05, 0) is 30.7 Å². The molecular formula is C21H15NO5. The highest BCUT2D eigenvalue weighted by Crippen LogP contribution is 2.42. The molecule has 134 valence electrons. The highest BCUT2D eigenvalue weighted by Gasteiger charge is 2.28. The average molecular weight is 361 g/mol. The summed E-state index contributed by atoms with van der Waals surface area (Å²) in [5, 5.41) is 11.4. The number of hydrogen-bond acceptors (Lipinski definition) is 5. The molecule has 0 aromatic heterocycles. The first-order valence-corrected chi connectivity index (χ1v) is 8.37. The zero-order valence-electron chi connectivity index (χ0n) is 14.5. The summed E-state index contributed by atoms with van der Waals surface area (Å²) < 4.78 is 11.7. The third-order valence-electron chi connectivity index (χ3n) is 4.31.